The Bertz CT molecular complexity index is 694. The molecule has 2 aromatic carbocycles. The van der Waals surface area contributed by atoms with Crippen LogP contribution in [-0.4, -0.2) is 12.5 Å². The maximum atomic E-state index is 14.1. The zero-order valence-electron chi connectivity index (χ0n) is 14.0. The smallest absolute Gasteiger partial charge is 0.258 e. The fourth-order valence-corrected chi connectivity index (χ4v) is 2.55. The molecule has 2 rings (SSSR count). The Kier molecular flexibility index (Phi) is 9.33. The molecule has 25 heavy (non-hydrogen) atoms. The predicted molar refractivity (Wildman–Crippen MR) is 92.5 cm³/mol. The second kappa shape index (κ2) is 10.7. The molecule has 0 aliphatic rings. The minimum absolute atomic E-state index is 0. The Balaban J connectivity index is 0.00000312. The van der Waals surface area contributed by atoms with Crippen LogP contribution in [0.4, 0.5) is 14.5 Å². The number of hydrogen-bond donors (Lipinski definition) is 0. The number of nitrogens with zero attached hydrogens (tertiary/aromatic N) is 1. The van der Waals surface area contributed by atoms with E-state index in [0.717, 1.165) is 31.7 Å². The fraction of sp³-hybridized carbons (Fsp3) is 0.316. The minimum atomic E-state index is -0.868. The summed E-state index contributed by atoms with van der Waals surface area (Å²) in [5.41, 5.74) is 0.437. The Labute approximate surface area is 167 Å². The summed E-state index contributed by atoms with van der Waals surface area (Å²) in [6.07, 6.45) is 3.78. The second-order valence-corrected chi connectivity index (χ2v) is 5.97. The molecule has 0 saturated carbocycles. The molecule has 0 atom stereocenters. The van der Waals surface area contributed by atoms with Crippen molar-refractivity contribution < 1.29 is 35.3 Å². The van der Waals surface area contributed by atoms with Gasteiger partial charge >= 0.3 is 0 Å². The van der Waals surface area contributed by atoms with Crippen LogP contribution in [-0.2, 0) is 21.7 Å². The first-order chi connectivity index (χ1) is 11.5. The molecule has 0 spiro atoms. The predicted octanol–water partition coefficient (Wildman–Crippen LogP) is 5.64. The Hall–Kier alpha value is -1.23. The van der Waals surface area contributed by atoms with Crippen molar-refractivity contribution in [3.8, 4) is 0 Å². The largest absolute Gasteiger partial charge is 0.306 e. The third-order valence-corrected chi connectivity index (χ3v) is 3.96. The van der Waals surface area contributed by atoms with E-state index in [1.54, 1.807) is 24.3 Å². The summed E-state index contributed by atoms with van der Waals surface area (Å²) in [6, 6.07) is 10.8. The van der Waals surface area contributed by atoms with Crippen molar-refractivity contribution in [3.63, 3.8) is 0 Å². The van der Waals surface area contributed by atoms with Gasteiger partial charge in [0, 0.05) is 38.8 Å². The van der Waals surface area contributed by atoms with Crippen molar-refractivity contribution in [1.82, 2.24) is 0 Å². The molecule has 2 aromatic rings. The molecule has 0 N–H and O–H groups in total. The van der Waals surface area contributed by atoms with Gasteiger partial charge in [-0.3, -0.25) is 4.79 Å². The van der Waals surface area contributed by atoms with Crippen LogP contribution in [0.2, 0.25) is 5.02 Å². The average molecular weight is 399 g/mol. The molecule has 2 nitrogen and oxygen atoms in total. The quantitative estimate of drug-likeness (QED) is 0.436. The average Bonchev–Trinajstić information content (AvgIpc) is 2.56. The van der Waals surface area contributed by atoms with Crippen LogP contribution in [0.25, 0.3) is 0 Å². The molecule has 0 unspecified atom stereocenters. The van der Waals surface area contributed by atoms with E-state index in [1.807, 2.05) is 6.07 Å². The first-order valence-electron chi connectivity index (χ1n) is 7.97. The first-order valence-corrected chi connectivity index (χ1v) is 8.35. The van der Waals surface area contributed by atoms with Crippen molar-refractivity contribution in [1.29, 1.82) is 0 Å². The molecular formula is C19H19ClF2NOTi. The van der Waals surface area contributed by atoms with Crippen LogP contribution in [0, 0.1) is 17.7 Å². The number of unbranched alkanes of at least 4 members (excludes halogenated alkanes) is 3. The van der Waals surface area contributed by atoms with E-state index in [4.69, 9.17) is 11.6 Å². The first kappa shape index (κ1) is 21.8. The van der Waals surface area contributed by atoms with Gasteiger partial charge in [0.25, 0.3) is 5.91 Å². The number of rotatable bonds is 7. The monoisotopic (exact) mass is 398 g/mol. The third-order valence-electron chi connectivity index (χ3n) is 3.70. The molecule has 0 heterocycles. The summed E-state index contributed by atoms with van der Waals surface area (Å²) in [4.78, 5) is 14.1. The number of benzene rings is 2. The number of anilines is 1. The molecule has 0 saturated heterocycles. The standard InChI is InChI=1S/C19H19ClF2NO.Ti/c1-2-3-4-5-12-23(18-11-10-16(21)13-17(18)22)19(24)14-6-8-15(20)9-7-14;/h6-11H,2-5,12H2,1H3;. The Morgan fingerprint density at radius 2 is 1.76 bits per heavy atom. The van der Waals surface area contributed by atoms with Gasteiger partial charge in [-0.15, -0.1) is 0 Å². The molecule has 0 aliphatic carbocycles. The molecule has 6 heteroatoms. The van der Waals surface area contributed by atoms with Gasteiger partial charge in [0.15, 0.2) is 5.82 Å². The van der Waals surface area contributed by atoms with Gasteiger partial charge in [-0.25, -0.2) is 8.78 Å². The van der Waals surface area contributed by atoms with E-state index in [1.165, 1.54) is 11.0 Å². The van der Waals surface area contributed by atoms with Crippen LogP contribution < -0.4 is 4.90 Å². The zero-order chi connectivity index (χ0) is 17.5. The van der Waals surface area contributed by atoms with Crippen molar-refractivity contribution in [2.75, 3.05) is 11.4 Å². The molecule has 0 fully saturated rings. The number of carbonyl (C=O) groups excluding carboxylic acids is 1. The fourth-order valence-electron chi connectivity index (χ4n) is 2.42. The molecule has 131 valence electrons. The van der Waals surface area contributed by atoms with Gasteiger partial charge < -0.3 is 4.90 Å². The summed E-state index contributed by atoms with van der Waals surface area (Å²) in [5.74, 6) is -2.00. The molecule has 1 amide bonds. The summed E-state index contributed by atoms with van der Waals surface area (Å²) >= 11 is 5.84. The summed E-state index contributed by atoms with van der Waals surface area (Å²) in [7, 11) is 0. The van der Waals surface area contributed by atoms with Gasteiger partial charge in [-0.1, -0.05) is 37.8 Å². The van der Waals surface area contributed by atoms with Gasteiger partial charge in [-0.05, 0) is 42.8 Å². The van der Waals surface area contributed by atoms with E-state index in [2.05, 4.69) is 6.92 Å². The minimum Gasteiger partial charge on any atom is -0.306 e. The van der Waals surface area contributed by atoms with Gasteiger partial charge in [0.1, 0.15) is 5.82 Å². The van der Waals surface area contributed by atoms with Crippen molar-refractivity contribution in [2.45, 2.75) is 32.6 Å². The van der Waals surface area contributed by atoms with Crippen molar-refractivity contribution in [2.24, 2.45) is 0 Å². The van der Waals surface area contributed by atoms with Crippen molar-refractivity contribution >= 4 is 23.2 Å². The molecule has 0 bridgehead atoms. The Morgan fingerprint density at radius 1 is 1.08 bits per heavy atom. The second-order valence-electron chi connectivity index (χ2n) is 5.53. The molecule has 0 aliphatic heterocycles. The van der Waals surface area contributed by atoms with E-state index in [9.17, 15) is 13.6 Å². The maximum Gasteiger partial charge on any atom is 0.258 e. The van der Waals surface area contributed by atoms with Crippen LogP contribution >= 0.6 is 11.6 Å². The zero-order valence-corrected chi connectivity index (χ0v) is 16.3. The number of carbonyl (C=O) groups is 1. The van der Waals surface area contributed by atoms with E-state index in [-0.39, 0.29) is 33.3 Å². The van der Waals surface area contributed by atoms with Crippen LogP contribution in [0.5, 0.6) is 0 Å². The van der Waals surface area contributed by atoms with Gasteiger partial charge in [0.05, 0.1) is 11.8 Å². The topological polar surface area (TPSA) is 20.3 Å². The van der Waals surface area contributed by atoms with Crippen LogP contribution in [0.3, 0.4) is 0 Å². The van der Waals surface area contributed by atoms with Crippen LogP contribution in [0.15, 0.2) is 36.4 Å². The summed E-state index contributed by atoms with van der Waals surface area (Å²) in [5, 5.41) is 0.516. The molecular weight excluding hydrogens is 380 g/mol. The normalized spacial score (nSPS) is 10.2. The SMILES string of the molecule is CCCCCCN(C(=O)c1ccc(Cl)cc1)c1ccc(F)[c]c1F.[Ti]. The van der Waals surface area contributed by atoms with Gasteiger partial charge in [0.2, 0.25) is 0 Å². The van der Waals surface area contributed by atoms with E-state index >= 15 is 0 Å². The van der Waals surface area contributed by atoms with Gasteiger partial charge in [-0.2, -0.15) is 0 Å². The van der Waals surface area contributed by atoms with Crippen LogP contribution in [0.1, 0.15) is 43.0 Å². The molecule has 0 aromatic heterocycles. The summed E-state index contributed by atoms with van der Waals surface area (Å²) < 4.78 is 27.2. The number of amides is 1. The summed E-state index contributed by atoms with van der Waals surface area (Å²) in [6.45, 7) is 2.45. The van der Waals surface area contributed by atoms with E-state index in [0.29, 0.717) is 17.1 Å². The van der Waals surface area contributed by atoms with Crippen molar-refractivity contribution in [3.05, 3.63) is 64.7 Å². The van der Waals surface area contributed by atoms with E-state index < -0.39 is 11.6 Å². The third kappa shape index (κ3) is 6.21. The number of halogens is 3. The Morgan fingerprint density at radius 3 is 2.36 bits per heavy atom. The maximum absolute atomic E-state index is 14.1. The number of hydrogen-bond acceptors (Lipinski definition) is 1. The molecule has 1 radical (unpaired) electrons.